The number of hydrogen-bond donors (Lipinski definition) is 7. The first-order valence-electron chi connectivity index (χ1n) is 10.8. The largest absolute Gasteiger partial charge is 0.504 e. The number of aliphatic hydroxyl groups is 2. The molecular formula is C25H24O12. The molecule has 12 nitrogen and oxygen atoms in total. The number of phenols is 4. The maximum atomic E-state index is 12.3. The van der Waals surface area contributed by atoms with Gasteiger partial charge in [0.1, 0.15) is 0 Å². The second-order valence-electron chi connectivity index (χ2n) is 8.33. The van der Waals surface area contributed by atoms with Crippen LogP contribution in [0.3, 0.4) is 0 Å². The molecule has 1 aliphatic rings. The Morgan fingerprint density at radius 2 is 1.22 bits per heavy atom. The molecule has 12 heteroatoms. The Morgan fingerprint density at radius 1 is 0.757 bits per heavy atom. The summed E-state index contributed by atoms with van der Waals surface area (Å²) in [4.78, 5) is 36.4. The number of aliphatic hydroxyl groups excluding tert-OH is 2. The Hall–Kier alpha value is -4.55. The zero-order chi connectivity index (χ0) is 27.3. The molecule has 7 N–H and O–H groups in total. The highest BCUT2D eigenvalue weighted by Crippen LogP contribution is 2.35. The molecule has 0 bridgehead atoms. The molecule has 0 heterocycles. The van der Waals surface area contributed by atoms with E-state index in [2.05, 4.69) is 0 Å². The van der Waals surface area contributed by atoms with Gasteiger partial charge in [-0.3, -0.25) is 0 Å². The molecule has 37 heavy (non-hydrogen) atoms. The van der Waals surface area contributed by atoms with Gasteiger partial charge in [0, 0.05) is 25.0 Å². The van der Waals surface area contributed by atoms with Gasteiger partial charge in [-0.2, -0.15) is 0 Å². The summed E-state index contributed by atoms with van der Waals surface area (Å²) in [5.74, 6) is -5.32. The van der Waals surface area contributed by atoms with Crippen LogP contribution in [0, 0.1) is 0 Å². The van der Waals surface area contributed by atoms with Crippen LogP contribution in [0.5, 0.6) is 23.0 Å². The van der Waals surface area contributed by atoms with Crippen LogP contribution in [0.25, 0.3) is 12.2 Å². The van der Waals surface area contributed by atoms with Gasteiger partial charge in [-0.15, -0.1) is 0 Å². The molecule has 1 saturated carbocycles. The number of phenolic OH excluding ortho intramolecular Hbond substituents is 4. The molecule has 0 amide bonds. The Bertz CT molecular complexity index is 1240. The van der Waals surface area contributed by atoms with Crippen LogP contribution in [-0.2, 0) is 23.9 Å². The van der Waals surface area contributed by atoms with Gasteiger partial charge in [-0.25, -0.2) is 14.4 Å². The lowest BCUT2D eigenvalue weighted by molar-refractivity contribution is -0.207. The summed E-state index contributed by atoms with van der Waals surface area (Å²) in [6, 6.07) is 7.48. The van der Waals surface area contributed by atoms with E-state index in [4.69, 9.17) is 9.47 Å². The molecule has 0 aromatic heterocycles. The Labute approximate surface area is 209 Å². The van der Waals surface area contributed by atoms with E-state index < -0.39 is 66.2 Å². The molecular weight excluding hydrogens is 492 g/mol. The second-order valence-corrected chi connectivity index (χ2v) is 8.33. The number of esters is 2. The number of hydrogen-bond acceptors (Lipinski definition) is 11. The van der Waals surface area contributed by atoms with Crippen molar-refractivity contribution in [2.75, 3.05) is 0 Å². The van der Waals surface area contributed by atoms with Crippen molar-refractivity contribution in [2.45, 2.75) is 36.8 Å². The number of carbonyl (C=O) groups excluding carboxylic acids is 2. The van der Waals surface area contributed by atoms with Gasteiger partial charge in [0.2, 0.25) is 5.60 Å². The molecule has 0 saturated heterocycles. The van der Waals surface area contributed by atoms with Crippen molar-refractivity contribution in [1.29, 1.82) is 0 Å². The van der Waals surface area contributed by atoms with Gasteiger partial charge in [0.15, 0.2) is 29.1 Å². The fraction of sp³-hybridized carbons (Fsp3) is 0.240. The zero-order valence-electron chi connectivity index (χ0n) is 19.1. The summed E-state index contributed by atoms with van der Waals surface area (Å²) in [7, 11) is 0. The normalized spacial score (nSPS) is 23.7. The van der Waals surface area contributed by atoms with Gasteiger partial charge >= 0.3 is 17.9 Å². The molecule has 2 aromatic rings. The van der Waals surface area contributed by atoms with Crippen LogP contribution in [-0.4, -0.2) is 77.6 Å². The van der Waals surface area contributed by atoms with Crippen LogP contribution < -0.4 is 0 Å². The first-order chi connectivity index (χ1) is 17.4. The SMILES string of the molecule is O=C(/C=C/c1ccc(O)c(O)c1)OC1C(O)CC(OC(=O)/C=C/c2ccc(O)c(O)c2)(C(=O)O)C[C@H]1O. The van der Waals surface area contributed by atoms with Crippen molar-refractivity contribution in [3.8, 4) is 23.0 Å². The monoisotopic (exact) mass is 516 g/mol. The van der Waals surface area contributed by atoms with Crippen molar-refractivity contribution in [1.82, 2.24) is 0 Å². The third-order valence-corrected chi connectivity index (χ3v) is 5.60. The Balaban J connectivity index is 1.66. The molecule has 3 unspecified atom stereocenters. The van der Waals surface area contributed by atoms with E-state index >= 15 is 0 Å². The number of carboxylic acid groups (broad SMARTS) is 1. The quantitative estimate of drug-likeness (QED) is 0.156. The smallest absolute Gasteiger partial charge is 0.348 e. The lowest BCUT2D eigenvalue weighted by atomic mass is 9.79. The summed E-state index contributed by atoms with van der Waals surface area (Å²) < 4.78 is 10.1. The third kappa shape index (κ3) is 6.57. The predicted octanol–water partition coefficient (Wildman–Crippen LogP) is 1.03. The fourth-order valence-electron chi connectivity index (χ4n) is 3.72. The number of benzene rings is 2. The van der Waals surface area contributed by atoms with Gasteiger partial charge in [-0.05, 0) is 47.5 Å². The summed E-state index contributed by atoms with van der Waals surface area (Å²) >= 11 is 0. The number of carboxylic acids is 1. The molecule has 0 aliphatic heterocycles. The van der Waals surface area contributed by atoms with Crippen LogP contribution in [0.15, 0.2) is 48.6 Å². The van der Waals surface area contributed by atoms with Crippen LogP contribution in [0.2, 0.25) is 0 Å². The van der Waals surface area contributed by atoms with Crippen molar-refractivity contribution >= 4 is 30.1 Å². The van der Waals surface area contributed by atoms with Crippen LogP contribution >= 0.6 is 0 Å². The average molecular weight is 516 g/mol. The Morgan fingerprint density at radius 3 is 1.65 bits per heavy atom. The number of aromatic hydroxyl groups is 4. The summed E-state index contributed by atoms with van der Waals surface area (Å²) in [5.41, 5.74) is -1.69. The van der Waals surface area contributed by atoms with E-state index in [1.807, 2.05) is 0 Å². The van der Waals surface area contributed by atoms with Crippen molar-refractivity contribution in [2.24, 2.45) is 0 Å². The van der Waals surface area contributed by atoms with E-state index in [9.17, 15) is 50.1 Å². The van der Waals surface area contributed by atoms with E-state index in [1.165, 1.54) is 42.5 Å². The summed E-state index contributed by atoms with van der Waals surface area (Å²) in [6.45, 7) is 0. The lowest BCUT2D eigenvalue weighted by Crippen LogP contribution is -2.58. The average Bonchev–Trinajstić information content (AvgIpc) is 2.83. The highest BCUT2D eigenvalue weighted by Gasteiger charge is 2.54. The van der Waals surface area contributed by atoms with Crippen molar-refractivity contribution in [3.05, 3.63) is 59.7 Å². The lowest BCUT2D eigenvalue weighted by Gasteiger charge is -2.41. The minimum Gasteiger partial charge on any atom is -0.504 e. The molecule has 196 valence electrons. The van der Waals surface area contributed by atoms with E-state index in [1.54, 1.807) is 0 Å². The molecule has 2 aromatic carbocycles. The first kappa shape index (κ1) is 27.0. The molecule has 0 radical (unpaired) electrons. The zero-order valence-corrected chi connectivity index (χ0v) is 19.1. The number of rotatable bonds is 7. The van der Waals surface area contributed by atoms with Gasteiger partial charge in [0.25, 0.3) is 0 Å². The molecule has 0 spiro atoms. The summed E-state index contributed by atoms with van der Waals surface area (Å²) in [5, 5.41) is 68.3. The van der Waals surface area contributed by atoms with Crippen LogP contribution in [0.1, 0.15) is 24.0 Å². The van der Waals surface area contributed by atoms with Crippen molar-refractivity contribution in [3.63, 3.8) is 0 Å². The van der Waals surface area contributed by atoms with Crippen molar-refractivity contribution < 1.29 is 59.6 Å². The van der Waals surface area contributed by atoms with E-state index in [0.717, 1.165) is 18.2 Å². The maximum absolute atomic E-state index is 12.3. The molecule has 4 atom stereocenters. The topological polar surface area (TPSA) is 211 Å². The van der Waals surface area contributed by atoms with Gasteiger partial charge in [-0.1, -0.05) is 12.1 Å². The minimum absolute atomic E-state index is 0.294. The number of aliphatic carboxylic acids is 1. The highest BCUT2D eigenvalue weighted by molar-refractivity contribution is 5.91. The minimum atomic E-state index is -2.32. The Kier molecular flexibility index (Phi) is 8.05. The van der Waals surface area contributed by atoms with Gasteiger partial charge in [0.05, 0.1) is 12.2 Å². The first-order valence-corrected chi connectivity index (χ1v) is 10.8. The van der Waals surface area contributed by atoms with Gasteiger partial charge < -0.3 is 45.2 Å². The fourth-order valence-corrected chi connectivity index (χ4v) is 3.72. The standard InChI is InChI=1S/C25H24O12/c26-15-5-1-13(9-17(15)28)3-7-21(32)36-23-19(30)11-25(24(34)35,12-20(23)31)37-22(33)8-4-14-2-6-16(27)18(29)10-14/h1-10,19-20,23,26-31H,11-12H2,(H,34,35)/b7-3+,8-4+/t19-,20?,23?,25?/m1/s1. The predicted molar refractivity (Wildman–Crippen MR) is 125 cm³/mol. The third-order valence-electron chi connectivity index (χ3n) is 5.60. The van der Waals surface area contributed by atoms with Crippen LogP contribution in [0.4, 0.5) is 0 Å². The number of ether oxygens (including phenoxy) is 2. The highest BCUT2D eigenvalue weighted by atomic mass is 16.6. The molecule has 1 fully saturated rings. The molecule has 3 rings (SSSR count). The maximum Gasteiger partial charge on any atom is 0.348 e. The van der Waals surface area contributed by atoms with E-state index in [-0.39, 0.29) is 11.5 Å². The molecule has 1 aliphatic carbocycles. The van der Waals surface area contributed by atoms with E-state index in [0.29, 0.717) is 11.1 Å². The second kappa shape index (κ2) is 11.0. The summed E-state index contributed by atoms with van der Waals surface area (Å²) in [6.07, 6.45) is -2.07. The number of carbonyl (C=O) groups is 3.